The highest BCUT2D eigenvalue weighted by Gasteiger charge is 2.31. The first-order chi connectivity index (χ1) is 9.65. The maximum atomic E-state index is 12.8. The fraction of sp³-hybridized carbons (Fsp3) is 0.588. The molecule has 108 valence electrons. The molecule has 2 atom stereocenters. The highest BCUT2D eigenvalue weighted by Crippen LogP contribution is 2.31. The monoisotopic (exact) mass is 272 g/mol. The van der Waals surface area contributed by atoms with Crippen LogP contribution in [-0.2, 0) is 11.2 Å². The zero-order valence-electron chi connectivity index (χ0n) is 12.5. The van der Waals surface area contributed by atoms with Crippen molar-refractivity contribution in [1.29, 1.82) is 0 Å². The van der Waals surface area contributed by atoms with E-state index < -0.39 is 0 Å². The van der Waals surface area contributed by atoms with Crippen LogP contribution in [0.15, 0.2) is 18.2 Å². The zero-order chi connectivity index (χ0) is 14.1. The van der Waals surface area contributed by atoms with Crippen LogP contribution < -0.4 is 10.2 Å². The van der Waals surface area contributed by atoms with Gasteiger partial charge in [-0.2, -0.15) is 0 Å². The molecule has 2 aliphatic heterocycles. The van der Waals surface area contributed by atoms with E-state index in [1.807, 2.05) is 4.90 Å². The van der Waals surface area contributed by atoms with E-state index in [-0.39, 0.29) is 5.92 Å². The molecule has 1 saturated heterocycles. The molecule has 0 spiro atoms. The molecule has 3 rings (SSSR count). The molecule has 0 radical (unpaired) electrons. The largest absolute Gasteiger partial charge is 0.314 e. The van der Waals surface area contributed by atoms with Crippen molar-refractivity contribution < 1.29 is 4.79 Å². The van der Waals surface area contributed by atoms with Crippen LogP contribution in [0.1, 0.15) is 37.3 Å². The van der Waals surface area contributed by atoms with Crippen LogP contribution in [0.25, 0.3) is 0 Å². The summed E-state index contributed by atoms with van der Waals surface area (Å²) in [7, 11) is 0. The molecular formula is C17H24N2O. The zero-order valence-corrected chi connectivity index (χ0v) is 12.5. The number of carbonyl (C=O) groups is 1. The summed E-state index contributed by atoms with van der Waals surface area (Å²) in [5, 5.41) is 3.43. The number of fused-ring (bicyclic) bond motifs is 1. The first-order valence-corrected chi connectivity index (χ1v) is 7.79. The van der Waals surface area contributed by atoms with Gasteiger partial charge in [-0.3, -0.25) is 4.79 Å². The van der Waals surface area contributed by atoms with Gasteiger partial charge in [-0.15, -0.1) is 0 Å². The number of hydrogen-bond acceptors (Lipinski definition) is 2. The molecular weight excluding hydrogens is 248 g/mol. The van der Waals surface area contributed by atoms with Gasteiger partial charge in [0.15, 0.2) is 0 Å². The maximum Gasteiger partial charge on any atom is 0.230 e. The van der Waals surface area contributed by atoms with Crippen LogP contribution >= 0.6 is 0 Å². The normalized spacial score (nSPS) is 26.2. The Morgan fingerprint density at radius 3 is 3.05 bits per heavy atom. The Morgan fingerprint density at radius 1 is 1.40 bits per heavy atom. The highest BCUT2D eigenvalue weighted by molar-refractivity contribution is 5.96. The highest BCUT2D eigenvalue weighted by atomic mass is 16.2. The molecule has 1 N–H and O–H groups in total. The molecule has 1 aromatic rings. The number of nitrogens with one attached hydrogen (secondary N) is 1. The lowest BCUT2D eigenvalue weighted by Crippen LogP contribution is -2.45. The molecule has 0 unspecified atom stereocenters. The molecule has 20 heavy (non-hydrogen) atoms. The SMILES string of the molecule is Cc1ccc2c(c1)CCCN2C(=O)[C@H]1CCN[C@@H](C)C1. The van der Waals surface area contributed by atoms with E-state index in [9.17, 15) is 4.79 Å². The fourth-order valence-corrected chi connectivity index (χ4v) is 3.53. The van der Waals surface area contributed by atoms with Gasteiger partial charge in [-0.1, -0.05) is 17.7 Å². The fourth-order valence-electron chi connectivity index (χ4n) is 3.53. The molecule has 1 amide bonds. The second-order valence-corrected chi connectivity index (χ2v) is 6.30. The first-order valence-electron chi connectivity index (χ1n) is 7.79. The van der Waals surface area contributed by atoms with Gasteiger partial charge in [0.2, 0.25) is 5.91 Å². The minimum absolute atomic E-state index is 0.193. The molecule has 2 heterocycles. The van der Waals surface area contributed by atoms with E-state index in [4.69, 9.17) is 0 Å². The number of nitrogens with zero attached hydrogens (tertiary/aromatic N) is 1. The van der Waals surface area contributed by atoms with Crippen LogP contribution in [-0.4, -0.2) is 25.0 Å². The van der Waals surface area contributed by atoms with Crippen LogP contribution in [0.5, 0.6) is 0 Å². The van der Waals surface area contributed by atoms with Gasteiger partial charge >= 0.3 is 0 Å². The summed E-state index contributed by atoms with van der Waals surface area (Å²) in [4.78, 5) is 14.9. The van der Waals surface area contributed by atoms with Crippen molar-refractivity contribution in [3.8, 4) is 0 Å². The number of carbonyl (C=O) groups excluding carboxylic acids is 1. The van der Waals surface area contributed by atoms with E-state index in [0.29, 0.717) is 11.9 Å². The molecule has 2 aliphatic rings. The predicted molar refractivity (Wildman–Crippen MR) is 82.0 cm³/mol. The summed E-state index contributed by atoms with van der Waals surface area (Å²) in [6.45, 7) is 6.14. The number of benzene rings is 1. The number of piperidine rings is 1. The van der Waals surface area contributed by atoms with Crippen LogP contribution in [0.2, 0.25) is 0 Å². The van der Waals surface area contributed by atoms with Crippen molar-refractivity contribution in [1.82, 2.24) is 5.32 Å². The smallest absolute Gasteiger partial charge is 0.230 e. The van der Waals surface area contributed by atoms with Gasteiger partial charge in [0.25, 0.3) is 0 Å². The molecule has 1 aromatic carbocycles. The van der Waals surface area contributed by atoms with Gasteiger partial charge in [0.05, 0.1) is 0 Å². The summed E-state index contributed by atoms with van der Waals surface area (Å²) >= 11 is 0. The molecule has 3 heteroatoms. The average Bonchev–Trinajstić information content (AvgIpc) is 2.45. The minimum Gasteiger partial charge on any atom is -0.314 e. The topological polar surface area (TPSA) is 32.3 Å². The third-order valence-electron chi connectivity index (χ3n) is 4.59. The van der Waals surface area contributed by atoms with Crippen molar-refractivity contribution in [2.24, 2.45) is 5.92 Å². The quantitative estimate of drug-likeness (QED) is 0.852. The molecule has 0 bridgehead atoms. The number of rotatable bonds is 1. The number of hydrogen-bond donors (Lipinski definition) is 1. The van der Waals surface area contributed by atoms with Crippen molar-refractivity contribution in [3.05, 3.63) is 29.3 Å². The minimum atomic E-state index is 0.193. The van der Waals surface area contributed by atoms with E-state index in [0.717, 1.165) is 44.5 Å². The summed E-state index contributed by atoms with van der Waals surface area (Å²) < 4.78 is 0. The van der Waals surface area contributed by atoms with Gasteiger partial charge in [-0.25, -0.2) is 0 Å². The van der Waals surface area contributed by atoms with E-state index in [1.54, 1.807) is 0 Å². The summed E-state index contributed by atoms with van der Waals surface area (Å²) in [6, 6.07) is 6.95. The van der Waals surface area contributed by atoms with Gasteiger partial charge in [-0.05, 0) is 57.7 Å². The number of anilines is 1. The van der Waals surface area contributed by atoms with E-state index >= 15 is 0 Å². The Labute approximate surface area is 121 Å². The molecule has 1 fully saturated rings. The molecule has 0 aliphatic carbocycles. The standard InChI is InChI=1S/C17H24N2O/c1-12-5-6-16-14(10-12)4-3-9-19(16)17(20)15-7-8-18-13(2)11-15/h5-6,10,13,15,18H,3-4,7-9,11H2,1-2H3/t13-,15-/m0/s1. The van der Waals surface area contributed by atoms with E-state index in [1.165, 1.54) is 11.1 Å². The third-order valence-corrected chi connectivity index (χ3v) is 4.59. The lowest BCUT2D eigenvalue weighted by molar-refractivity contribution is -0.123. The van der Waals surface area contributed by atoms with Crippen LogP contribution in [0, 0.1) is 12.8 Å². The Balaban J connectivity index is 1.83. The third kappa shape index (κ3) is 2.59. The van der Waals surface area contributed by atoms with Gasteiger partial charge < -0.3 is 10.2 Å². The van der Waals surface area contributed by atoms with Crippen molar-refractivity contribution in [3.63, 3.8) is 0 Å². The first kappa shape index (κ1) is 13.6. The van der Waals surface area contributed by atoms with Gasteiger partial charge in [0.1, 0.15) is 0 Å². The van der Waals surface area contributed by atoms with Crippen molar-refractivity contribution in [2.75, 3.05) is 18.0 Å². The van der Waals surface area contributed by atoms with Crippen molar-refractivity contribution >= 4 is 11.6 Å². The second-order valence-electron chi connectivity index (χ2n) is 6.30. The van der Waals surface area contributed by atoms with Crippen molar-refractivity contribution in [2.45, 2.75) is 45.6 Å². The van der Waals surface area contributed by atoms with Gasteiger partial charge in [0, 0.05) is 24.2 Å². The lowest BCUT2D eigenvalue weighted by Gasteiger charge is -2.35. The average molecular weight is 272 g/mol. The summed E-state index contributed by atoms with van der Waals surface area (Å²) in [6.07, 6.45) is 4.13. The molecule has 0 aromatic heterocycles. The Bertz CT molecular complexity index is 512. The molecule has 0 saturated carbocycles. The Morgan fingerprint density at radius 2 is 2.25 bits per heavy atom. The Hall–Kier alpha value is -1.35. The number of amides is 1. The summed E-state index contributed by atoms with van der Waals surface area (Å²) in [5.41, 5.74) is 3.78. The van der Waals surface area contributed by atoms with Crippen LogP contribution in [0.4, 0.5) is 5.69 Å². The predicted octanol–water partition coefficient (Wildman–Crippen LogP) is 2.66. The van der Waals surface area contributed by atoms with E-state index in [2.05, 4.69) is 37.4 Å². The summed E-state index contributed by atoms with van der Waals surface area (Å²) in [5.74, 6) is 0.529. The Kier molecular flexibility index (Phi) is 3.79. The molecule has 3 nitrogen and oxygen atoms in total. The number of aryl methyl sites for hydroxylation is 2. The van der Waals surface area contributed by atoms with Crippen LogP contribution in [0.3, 0.4) is 0 Å². The maximum absolute atomic E-state index is 12.8. The second kappa shape index (κ2) is 5.57. The lowest BCUT2D eigenvalue weighted by atomic mass is 9.90.